The van der Waals surface area contributed by atoms with E-state index < -0.39 is 5.41 Å². The van der Waals surface area contributed by atoms with Gasteiger partial charge in [-0.05, 0) is 92.5 Å². The predicted molar refractivity (Wildman–Crippen MR) is 280 cm³/mol. The van der Waals surface area contributed by atoms with Crippen LogP contribution in [0.5, 0.6) is 0 Å². The zero-order chi connectivity index (χ0) is 45.2. The molecule has 0 N–H and O–H groups in total. The summed E-state index contributed by atoms with van der Waals surface area (Å²) < 4.78 is 2.36. The molecule has 11 aromatic rings. The first-order valence-electron chi connectivity index (χ1n) is 23.9. The molecule has 4 aliphatic rings. The van der Waals surface area contributed by atoms with Crippen molar-refractivity contribution in [2.24, 2.45) is 0 Å². The molecule has 5 nitrogen and oxygen atoms in total. The Balaban J connectivity index is 0.960. The van der Waals surface area contributed by atoms with E-state index in [-0.39, 0.29) is 12.0 Å². The largest absolute Gasteiger partial charge is 0.333 e. The molecule has 69 heavy (non-hydrogen) atoms. The highest BCUT2D eigenvalue weighted by molar-refractivity contribution is 6.09. The quantitative estimate of drug-likeness (QED) is 0.173. The minimum Gasteiger partial charge on any atom is -0.333 e. The molecule has 15 rings (SSSR count). The second kappa shape index (κ2) is 14.5. The minimum absolute atomic E-state index is 0.167. The number of benzene rings is 9. The summed E-state index contributed by atoms with van der Waals surface area (Å²) in [5, 5.41) is 2.44. The summed E-state index contributed by atoms with van der Waals surface area (Å²) in [4.78, 5) is 19.0. The number of para-hydroxylation sites is 3. The third kappa shape index (κ3) is 5.33. The fourth-order valence-corrected chi connectivity index (χ4v) is 12.5. The topological polar surface area (TPSA) is 46.8 Å². The van der Waals surface area contributed by atoms with Crippen LogP contribution in [-0.2, 0) is 5.41 Å². The number of nitrogens with zero attached hydrogens (tertiary/aromatic N) is 5. The molecule has 2 aromatic heterocycles. The van der Waals surface area contributed by atoms with Gasteiger partial charge >= 0.3 is 0 Å². The van der Waals surface area contributed by atoms with E-state index in [1.807, 2.05) is 0 Å². The molecule has 0 radical (unpaired) electrons. The molecule has 322 valence electrons. The van der Waals surface area contributed by atoms with E-state index in [2.05, 4.69) is 246 Å². The lowest BCUT2D eigenvalue weighted by molar-refractivity contribution is 0.745. The number of rotatable bonds is 5. The Bertz CT molecular complexity index is 3920. The maximum Gasteiger partial charge on any atom is 0.164 e. The molecule has 2 unspecified atom stereocenters. The fraction of sp³-hybridized carbons (Fsp3) is 0.0469. The SMILES string of the molecule is C1=CC2c3ccccc3N(c3cccc(-c4nc(-c5cccc(-n6c7ccccc7c7ccccc76)c5)nc(-c5cccc6c5-c5ccccc5C65c6ccccc6-c6ccccc65)n4)c3)C2C=C1. The van der Waals surface area contributed by atoms with Crippen molar-refractivity contribution in [3.63, 3.8) is 0 Å². The van der Waals surface area contributed by atoms with Crippen LogP contribution in [0.4, 0.5) is 11.4 Å². The first kappa shape index (κ1) is 38.2. The number of hydrogen-bond donors (Lipinski definition) is 0. The van der Waals surface area contributed by atoms with E-state index >= 15 is 0 Å². The van der Waals surface area contributed by atoms with Crippen LogP contribution in [0.25, 0.3) is 83.9 Å². The van der Waals surface area contributed by atoms with Gasteiger partial charge < -0.3 is 9.47 Å². The van der Waals surface area contributed by atoms with Gasteiger partial charge in [-0.2, -0.15) is 0 Å². The maximum atomic E-state index is 5.53. The van der Waals surface area contributed by atoms with Crippen molar-refractivity contribution in [2.75, 3.05) is 4.90 Å². The molecule has 0 saturated heterocycles. The molecule has 1 spiro atoms. The van der Waals surface area contributed by atoms with E-state index in [1.54, 1.807) is 0 Å². The van der Waals surface area contributed by atoms with Crippen LogP contribution in [-0.4, -0.2) is 25.6 Å². The van der Waals surface area contributed by atoms with E-state index in [1.165, 1.54) is 61.0 Å². The second-order valence-electron chi connectivity index (χ2n) is 18.6. The highest BCUT2D eigenvalue weighted by Gasteiger charge is 2.52. The second-order valence-corrected chi connectivity index (χ2v) is 18.6. The Labute approximate surface area is 399 Å². The number of allylic oxidation sites excluding steroid dienone is 2. The Kier molecular flexibility index (Phi) is 8.05. The number of anilines is 2. The summed E-state index contributed by atoms with van der Waals surface area (Å²) in [6, 6.07) is 77.3. The molecule has 2 atom stereocenters. The normalized spacial score (nSPS) is 16.4. The van der Waals surface area contributed by atoms with Gasteiger partial charge in [0.15, 0.2) is 17.5 Å². The number of fused-ring (bicyclic) bond motifs is 16. The molecule has 3 heterocycles. The molecule has 0 bridgehead atoms. The van der Waals surface area contributed by atoms with Crippen LogP contribution < -0.4 is 4.90 Å². The van der Waals surface area contributed by atoms with Crippen LogP contribution in [0.15, 0.2) is 237 Å². The Morgan fingerprint density at radius 3 is 1.61 bits per heavy atom. The first-order chi connectivity index (χ1) is 34.2. The molecule has 3 aliphatic carbocycles. The molecule has 0 saturated carbocycles. The van der Waals surface area contributed by atoms with Gasteiger partial charge in [-0.3, -0.25) is 0 Å². The van der Waals surface area contributed by atoms with Crippen molar-refractivity contribution in [1.82, 2.24) is 19.5 Å². The van der Waals surface area contributed by atoms with Gasteiger partial charge in [-0.1, -0.05) is 194 Å². The summed E-state index contributed by atoms with van der Waals surface area (Å²) in [6.45, 7) is 0. The van der Waals surface area contributed by atoms with E-state index in [4.69, 9.17) is 15.0 Å². The average Bonchev–Trinajstić information content (AvgIpc) is 4.13. The van der Waals surface area contributed by atoms with Gasteiger partial charge in [0.25, 0.3) is 0 Å². The van der Waals surface area contributed by atoms with Crippen LogP contribution in [0.1, 0.15) is 33.7 Å². The van der Waals surface area contributed by atoms with Crippen molar-refractivity contribution in [3.8, 4) is 62.1 Å². The van der Waals surface area contributed by atoms with E-state index in [0.717, 1.165) is 44.7 Å². The molecule has 0 amide bonds. The van der Waals surface area contributed by atoms with Crippen LogP contribution in [0.3, 0.4) is 0 Å². The van der Waals surface area contributed by atoms with E-state index in [9.17, 15) is 0 Å². The van der Waals surface area contributed by atoms with Crippen molar-refractivity contribution >= 4 is 33.2 Å². The Morgan fingerprint density at radius 1 is 0.391 bits per heavy atom. The Morgan fingerprint density at radius 2 is 0.899 bits per heavy atom. The number of aromatic nitrogens is 4. The van der Waals surface area contributed by atoms with Gasteiger partial charge in [-0.25, -0.2) is 15.0 Å². The summed E-state index contributed by atoms with van der Waals surface area (Å²) in [6.07, 6.45) is 9.00. The van der Waals surface area contributed by atoms with Crippen molar-refractivity contribution in [1.29, 1.82) is 0 Å². The highest BCUT2D eigenvalue weighted by atomic mass is 15.2. The minimum atomic E-state index is -0.495. The van der Waals surface area contributed by atoms with Gasteiger partial charge in [0, 0.05) is 50.4 Å². The van der Waals surface area contributed by atoms with Crippen molar-refractivity contribution in [3.05, 3.63) is 264 Å². The van der Waals surface area contributed by atoms with Gasteiger partial charge in [0.05, 0.1) is 22.5 Å². The summed E-state index contributed by atoms with van der Waals surface area (Å²) in [5.41, 5.74) is 19.4. The zero-order valence-corrected chi connectivity index (χ0v) is 37.4. The summed E-state index contributed by atoms with van der Waals surface area (Å²) in [7, 11) is 0. The van der Waals surface area contributed by atoms with Crippen molar-refractivity contribution < 1.29 is 0 Å². The molecular weight excluding hydrogens is 839 g/mol. The smallest absolute Gasteiger partial charge is 0.164 e. The lowest BCUT2D eigenvalue weighted by Crippen LogP contribution is -2.28. The molecule has 0 fully saturated rings. The first-order valence-corrected chi connectivity index (χ1v) is 23.9. The molecular formula is C64H41N5. The molecule has 9 aromatic carbocycles. The van der Waals surface area contributed by atoms with Gasteiger partial charge in [0.2, 0.25) is 0 Å². The average molecular weight is 880 g/mol. The van der Waals surface area contributed by atoms with E-state index in [0.29, 0.717) is 17.5 Å². The van der Waals surface area contributed by atoms with Crippen LogP contribution >= 0.6 is 0 Å². The zero-order valence-electron chi connectivity index (χ0n) is 37.4. The van der Waals surface area contributed by atoms with Crippen LogP contribution in [0.2, 0.25) is 0 Å². The molecule has 5 heteroatoms. The molecule has 1 aliphatic heterocycles. The summed E-state index contributed by atoms with van der Waals surface area (Å²) in [5.74, 6) is 2.15. The number of hydrogen-bond acceptors (Lipinski definition) is 4. The third-order valence-corrected chi connectivity index (χ3v) is 15.2. The third-order valence-electron chi connectivity index (χ3n) is 15.2. The lowest BCUT2D eigenvalue weighted by atomic mass is 9.70. The predicted octanol–water partition coefficient (Wildman–Crippen LogP) is 15.0. The summed E-state index contributed by atoms with van der Waals surface area (Å²) >= 11 is 0. The van der Waals surface area contributed by atoms with Gasteiger partial charge in [-0.15, -0.1) is 0 Å². The Hall–Kier alpha value is -8.93. The van der Waals surface area contributed by atoms with Crippen molar-refractivity contribution in [2.45, 2.75) is 17.4 Å². The van der Waals surface area contributed by atoms with Gasteiger partial charge in [0.1, 0.15) is 0 Å². The standard InChI is InChI=1S/C64H41N5/c1-8-30-52-44(22-1)45-23-2-9-31-53(45)64(52)54-32-10-3-28-50(54)60-51(29-17-33-55(60)64)63-66-61(40-18-15-20-42(38-40)68-56-34-11-4-24-46(56)47-25-5-12-35-57(47)68)65-62(67-63)41-19-16-21-43(39-41)69-58-36-13-6-26-48(58)49-27-7-14-37-59(49)69/h1-39,46,56H. The fourth-order valence-electron chi connectivity index (χ4n) is 12.5. The van der Waals surface area contributed by atoms with Crippen LogP contribution in [0, 0.1) is 0 Å². The highest BCUT2D eigenvalue weighted by Crippen LogP contribution is 2.64. The maximum absolute atomic E-state index is 5.53. The lowest BCUT2D eigenvalue weighted by Gasteiger charge is -2.30. The monoisotopic (exact) mass is 879 g/mol.